The maximum atomic E-state index is 12.3. The number of halogens is 1. The Labute approximate surface area is 167 Å². The van der Waals surface area contributed by atoms with Gasteiger partial charge >= 0.3 is 0 Å². The summed E-state index contributed by atoms with van der Waals surface area (Å²) in [6.45, 7) is 0.629. The summed E-state index contributed by atoms with van der Waals surface area (Å²) in [5.41, 5.74) is 2.69. The number of nitrogens with zero attached hydrogens (tertiary/aromatic N) is 1. The summed E-state index contributed by atoms with van der Waals surface area (Å²) in [7, 11) is 0. The third-order valence-corrected chi connectivity index (χ3v) is 4.43. The smallest absolute Gasteiger partial charge is 0.273 e. The molecule has 0 aliphatic heterocycles. The Morgan fingerprint density at radius 1 is 1.00 bits per heavy atom. The minimum atomic E-state index is -0.493. The zero-order chi connectivity index (χ0) is 19.9. The van der Waals surface area contributed by atoms with Gasteiger partial charge in [-0.3, -0.25) is 14.9 Å². The van der Waals surface area contributed by atoms with Gasteiger partial charge in [-0.2, -0.15) is 0 Å². The number of hydrogen-bond donors (Lipinski definition) is 2. The van der Waals surface area contributed by atoms with Crippen molar-refractivity contribution in [3.8, 4) is 0 Å². The number of amides is 1. The molecule has 0 fully saturated rings. The molecule has 6 nitrogen and oxygen atoms in total. The van der Waals surface area contributed by atoms with Crippen LogP contribution < -0.4 is 10.6 Å². The molecule has 0 atom stereocenters. The molecule has 0 spiro atoms. The van der Waals surface area contributed by atoms with E-state index in [2.05, 4.69) is 10.6 Å². The van der Waals surface area contributed by atoms with Crippen LogP contribution >= 0.6 is 11.6 Å². The van der Waals surface area contributed by atoms with Crippen molar-refractivity contribution in [2.45, 2.75) is 13.0 Å². The molecule has 2 N–H and O–H groups in total. The van der Waals surface area contributed by atoms with Crippen LogP contribution in [0.5, 0.6) is 0 Å². The van der Waals surface area contributed by atoms with Crippen LogP contribution in [0.15, 0.2) is 72.8 Å². The van der Waals surface area contributed by atoms with Gasteiger partial charge in [-0.25, -0.2) is 0 Å². The lowest BCUT2D eigenvalue weighted by molar-refractivity contribution is -0.385. The fourth-order valence-corrected chi connectivity index (χ4v) is 2.99. The second-order valence-electron chi connectivity index (χ2n) is 6.14. The van der Waals surface area contributed by atoms with Crippen molar-refractivity contribution >= 4 is 34.6 Å². The summed E-state index contributed by atoms with van der Waals surface area (Å²) in [5.74, 6) is -0.352. The second-order valence-corrected chi connectivity index (χ2v) is 6.55. The largest absolute Gasteiger partial charge is 0.380 e. The molecule has 0 aliphatic carbocycles. The number of carbonyl (C=O) groups is 1. The Morgan fingerprint density at radius 2 is 1.71 bits per heavy atom. The molecular weight excluding hydrogens is 378 g/mol. The van der Waals surface area contributed by atoms with Crippen molar-refractivity contribution in [3.63, 3.8) is 0 Å². The summed E-state index contributed by atoms with van der Waals surface area (Å²) in [4.78, 5) is 22.8. The van der Waals surface area contributed by atoms with E-state index in [0.29, 0.717) is 22.8 Å². The Hall–Kier alpha value is -3.38. The SMILES string of the molecule is O=C(Cc1ccccc1[N+](=O)[O-])Nc1ccc(NCc2ccccc2)c(Cl)c1. The van der Waals surface area contributed by atoms with Crippen LogP contribution in [0.1, 0.15) is 11.1 Å². The topological polar surface area (TPSA) is 84.3 Å². The van der Waals surface area contributed by atoms with Crippen LogP contribution in [0.2, 0.25) is 5.02 Å². The Kier molecular flexibility index (Phi) is 6.24. The molecule has 0 unspecified atom stereocenters. The van der Waals surface area contributed by atoms with E-state index in [4.69, 9.17) is 11.6 Å². The fourth-order valence-electron chi connectivity index (χ4n) is 2.75. The van der Waals surface area contributed by atoms with E-state index < -0.39 is 4.92 Å². The average molecular weight is 396 g/mol. The first kappa shape index (κ1) is 19.4. The van der Waals surface area contributed by atoms with Gasteiger partial charge < -0.3 is 10.6 Å². The van der Waals surface area contributed by atoms with E-state index >= 15 is 0 Å². The fraction of sp³-hybridized carbons (Fsp3) is 0.0952. The minimum Gasteiger partial charge on any atom is -0.380 e. The van der Waals surface area contributed by atoms with Gasteiger partial charge in [0.2, 0.25) is 5.91 Å². The van der Waals surface area contributed by atoms with Crippen LogP contribution in [0.4, 0.5) is 17.1 Å². The summed E-state index contributed by atoms with van der Waals surface area (Å²) in [5, 5.41) is 17.5. The number of nitro benzene ring substituents is 1. The molecule has 0 aliphatic rings. The van der Waals surface area contributed by atoms with Crippen molar-refractivity contribution in [2.75, 3.05) is 10.6 Å². The van der Waals surface area contributed by atoms with Crippen LogP contribution in [0, 0.1) is 10.1 Å². The first-order valence-electron chi connectivity index (χ1n) is 8.62. The molecule has 1 amide bonds. The van der Waals surface area contributed by atoms with Crippen LogP contribution in [0.3, 0.4) is 0 Å². The Balaban J connectivity index is 1.62. The minimum absolute atomic E-state index is 0.0730. The number of nitro groups is 1. The van der Waals surface area contributed by atoms with Gasteiger partial charge in [0.1, 0.15) is 0 Å². The third kappa shape index (κ3) is 5.08. The predicted octanol–water partition coefficient (Wildman–Crippen LogP) is 5.04. The molecule has 3 rings (SSSR count). The number of para-hydroxylation sites is 1. The number of nitrogens with one attached hydrogen (secondary N) is 2. The van der Waals surface area contributed by atoms with Crippen molar-refractivity contribution in [1.82, 2.24) is 0 Å². The number of carbonyl (C=O) groups excluding carboxylic acids is 1. The highest BCUT2D eigenvalue weighted by atomic mass is 35.5. The summed E-state index contributed by atoms with van der Waals surface area (Å²) in [6.07, 6.45) is -0.0945. The molecule has 0 bridgehead atoms. The Morgan fingerprint density at radius 3 is 2.43 bits per heavy atom. The van der Waals surface area contributed by atoms with Crippen molar-refractivity contribution in [2.24, 2.45) is 0 Å². The molecule has 0 heterocycles. The normalized spacial score (nSPS) is 10.3. The average Bonchev–Trinajstić information content (AvgIpc) is 2.68. The van der Waals surface area contributed by atoms with E-state index in [9.17, 15) is 14.9 Å². The summed E-state index contributed by atoms with van der Waals surface area (Å²) in [6, 6.07) is 21.3. The number of hydrogen-bond acceptors (Lipinski definition) is 4. The van der Waals surface area contributed by atoms with Crippen molar-refractivity contribution in [3.05, 3.63) is 99.1 Å². The third-order valence-electron chi connectivity index (χ3n) is 4.12. The van der Waals surface area contributed by atoms with Gasteiger partial charge in [0.05, 0.1) is 22.1 Å². The molecule has 142 valence electrons. The molecule has 3 aromatic carbocycles. The molecule has 0 radical (unpaired) electrons. The first-order valence-corrected chi connectivity index (χ1v) is 9.00. The van der Waals surface area contributed by atoms with E-state index in [1.807, 2.05) is 30.3 Å². The first-order chi connectivity index (χ1) is 13.5. The molecule has 0 saturated heterocycles. The second kappa shape index (κ2) is 9.01. The predicted molar refractivity (Wildman–Crippen MR) is 111 cm³/mol. The Bertz CT molecular complexity index is 993. The highest BCUT2D eigenvalue weighted by Crippen LogP contribution is 2.26. The highest BCUT2D eigenvalue weighted by Gasteiger charge is 2.15. The molecule has 28 heavy (non-hydrogen) atoms. The maximum Gasteiger partial charge on any atom is 0.273 e. The van der Waals surface area contributed by atoms with Gasteiger partial charge in [0.15, 0.2) is 0 Å². The lowest BCUT2D eigenvalue weighted by Gasteiger charge is -2.11. The van der Waals surface area contributed by atoms with Gasteiger partial charge in [0.25, 0.3) is 5.69 Å². The van der Waals surface area contributed by atoms with Gasteiger partial charge in [-0.05, 0) is 23.8 Å². The van der Waals surface area contributed by atoms with Crippen LogP contribution in [-0.2, 0) is 17.8 Å². The zero-order valence-corrected chi connectivity index (χ0v) is 15.6. The van der Waals surface area contributed by atoms with E-state index in [-0.39, 0.29) is 18.0 Å². The van der Waals surface area contributed by atoms with Gasteiger partial charge in [0, 0.05) is 23.9 Å². The highest BCUT2D eigenvalue weighted by molar-refractivity contribution is 6.33. The van der Waals surface area contributed by atoms with E-state index in [1.165, 1.54) is 6.07 Å². The van der Waals surface area contributed by atoms with Gasteiger partial charge in [-0.15, -0.1) is 0 Å². The lowest BCUT2D eigenvalue weighted by Crippen LogP contribution is -2.15. The van der Waals surface area contributed by atoms with Crippen LogP contribution in [-0.4, -0.2) is 10.8 Å². The number of anilines is 2. The molecule has 3 aromatic rings. The van der Waals surface area contributed by atoms with Crippen molar-refractivity contribution < 1.29 is 9.72 Å². The maximum absolute atomic E-state index is 12.3. The quantitative estimate of drug-likeness (QED) is 0.433. The zero-order valence-electron chi connectivity index (χ0n) is 14.9. The van der Waals surface area contributed by atoms with Crippen molar-refractivity contribution in [1.29, 1.82) is 0 Å². The molecule has 7 heteroatoms. The number of benzene rings is 3. The van der Waals surface area contributed by atoms with E-state index in [0.717, 1.165) is 11.3 Å². The number of rotatable bonds is 7. The monoisotopic (exact) mass is 395 g/mol. The van der Waals surface area contributed by atoms with E-state index in [1.54, 1.807) is 36.4 Å². The summed E-state index contributed by atoms with van der Waals surface area (Å²) < 4.78 is 0. The summed E-state index contributed by atoms with van der Waals surface area (Å²) >= 11 is 6.30. The molecule has 0 saturated carbocycles. The molecular formula is C21H18ClN3O3. The standard InChI is InChI=1S/C21H18ClN3O3/c22-18-13-17(10-11-19(18)23-14-15-6-2-1-3-7-15)24-21(26)12-16-8-4-5-9-20(16)25(27)28/h1-11,13,23H,12,14H2,(H,24,26). The van der Waals surface area contributed by atoms with Crippen LogP contribution in [0.25, 0.3) is 0 Å². The molecule has 0 aromatic heterocycles. The van der Waals surface area contributed by atoms with Gasteiger partial charge in [-0.1, -0.05) is 60.1 Å². The lowest BCUT2D eigenvalue weighted by atomic mass is 10.1.